The number of rotatable bonds is 5. The summed E-state index contributed by atoms with van der Waals surface area (Å²) in [7, 11) is 1.70. The second kappa shape index (κ2) is 8.02. The smallest absolute Gasteiger partial charge is 0.118 e. The highest BCUT2D eigenvalue weighted by molar-refractivity contribution is 6.31. The summed E-state index contributed by atoms with van der Waals surface area (Å²) in [6, 6.07) is 16.6. The highest BCUT2D eigenvalue weighted by atomic mass is 35.5. The van der Waals surface area contributed by atoms with Gasteiger partial charge in [0, 0.05) is 30.7 Å². The Labute approximate surface area is 149 Å². The first-order valence-electron chi connectivity index (χ1n) is 8.48. The molecule has 0 amide bonds. The van der Waals surface area contributed by atoms with Crippen LogP contribution in [0.4, 0.5) is 0 Å². The lowest BCUT2D eigenvalue weighted by Crippen LogP contribution is -2.47. The second-order valence-electron chi connectivity index (χ2n) is 6.70. The van der Waals surface area contributed by atoms with Crippen LogP contribution < -0.4 is 10.5 Å². The van der Waals surface area contributed by atoms with Crippen molar-refractivity contribution in [1.29, 1.82) is 0 Å². The molecule has 1 aliphatic heterocycles. The van der Waals surface area contributed by atoms with Crippen LogP contribution in [-0.4, -0.2) is 31.1 Å². The Morgan fingerprint density at radius 3 is 2.58 bits per heavy atom. The molecule has 2 atom stereocenters. The maximum Gasteiger partial charge on any atom is 0.118 e. The number of hydrogen-bond acceptors (Lipinski definition) is 3. The van der Waals surface area contributed by atoms with Crippen LogP contribution in [0.2, 0.25) is 5.02 Å². The molecule has 2 N–H and O–H groups in total. The van der Waals surface area contributed by atoms with Crippen LogP contribution in [-0.2, 0) is 13.0 Å². The molecular weight excluding hydrogens is 320 g/mol. The molecule has 24 heavy (non-hydrogen) atoms. The molecule has 0 spiro atoms. The Morgan fingerprint density at radius 1 is 1.12 bits per heavy atom. The molecule has 0 aliphatic carbocycles. The molecular formula is C20H25ClN2O. The Kier molecular flexibility index (Phi) is 5.77. The fraction of sp³-hybridized carbons (Fsp3) is 0.400. The summed E-state index contributed by atoms with van der Waals surface area (Å²) in [5, 5.41) is 0.836. The SMILES string of the molecule is COc1ccc(CC2CC(N)CN(Cc3ccccc3Cl)C2)cc1. The average molecular weight is 345 g/mol. The van der Waals surface area contributed by atoms with Crippen molar-refractivity contribution in [2.75, 3.05) is 20.2 Å². The van der Waals surface area contributed by atoms with Gasteiger partial charge >= 0.3 is 0 Å². The lowest BCUT2D eigenvalue weighted by molar-refractivity contribution is 0.149. The van der Waals surface area contributed by atoms with Crippen molar-refractivity contribution in [1.82, 2.24) is 4.90 Å². The van der Waals surface area contributed by atoms with E-state index in [-0.39, 0.29) is 6.04 Å². The van der Waals surface area contributed by atoms with Crippen LogP contribution in [0, 0.1) is 5.92 Å². The Morgan fingerprint density at radius 2 is 1.88 bits per heavy atom. The summed E-state index contributed by atoms with van der Waals surface area (Å²) in [5.74, 6) is 1.48. The number of piperidine rings is 1. The zero-order chi connectivity index (χ0) is 16.9. The Hall–Kier alpha value is -1.55. The molecule has 1 saturated heterocycles. The number of nitrogens with two attached hydrogens (primary N) is 1. The molecule has 0 aromatic heterocycles. The highest BCUT2D eigenvalue weighted by Gasteiger charge is 2.25. The molecule has 2 aromatic rings. The molecule has 4 heteroatoms. The van der Waals surface area contributed by atoms with Gasteiger partial charge in [0.25, 0.3) is 0 Å². The van der Waals surface area contributed by atoms with Gasteiger partial charge in [0.1, 0.15) is 5.75 Å². The fourth-order valence-electron chi connectivity index (χ4n) is 3.59. The van der Waals surface area contributed by atoms with Gasteiger partial charge in [-0.2, -0.15) is 0 Å². The predicted molar refractivity (Wildman–Crippen MR) is 99.5 cm³/mol. The number of likely N-dealkylation sites (tertiary alicyclic amines) is 1. The number of methoxy groups -OCH3 is 1. The molecule has 1 aliphatic rings. The van der Waals surface area contributed by atoms with E-state index in [4.69, 9.17) is 22.1 Å². The Balaban J connectivity index is 1.63. The van der Waals surface area contributed by atoms with Crippen molar-refractivity contribution >= 4 is 11.6 Å². The molecule has 128 valence electrons. The molecule has 1 heterocycles. The number of halogens is 1. The molecule has 1 fully saturated rings. The topological polar surface area (TPSA) is 38.5 Å². The van der Waals surface area contributed by atoms with Crippen molar-refractivity contribution in [2.24, 2.45) is 11.7 Å². The van der Waals surface area contributed by atoms with Gasteiger partial charge < -0.3 is 10.5 Å². The van der Waals surface area contributed by atoms with Crippen LogP contribution in [0.25, 0.3) is 0 Å². The van der Waals surface area contributed by atoms with E-state index < -0.39 is 0 Å². The molecule has 3 nitrogen and oxygen atoms in total. The van der Waals surface area contributed by atoms with E-state index in [1.54, 1.807) is 7.11 Å². The number of hydrogen-bond donors (Lipinski definition) is 1. The minimum absolute atomic E-state index is 0.226. The molecule has 0 saturated carbocycles. The third-order valence-electron chi connectivity index (χ3n) is 4.68. The van der Waals surface area contributed by atoms with Crippen LogP contribution >= 0.6 is 11.6 Å². The van der Waals surface area contributed by atoms with Crippen molar-refractivity contribution in [2.45, 2.75) is 25.4 Å². The maximum atomic E-state index is 6.31. The average Bonchev–Trinajstić information content (AvgIpc) is 2.57. The first kappa shape index (κ1) is 17.3. The summed E-state index contributed by atoms with van der Waals surface area (Å²) >= 11 is 6.30. The Bertz CT molecular complexity index is 659. The first-order valence-corrected chi connectivity index (χ1v) is 8.86. The second-order valence-corrected chi connectivity index (χ2v) is 7.11. The van der Waals surface area contributed by atoms with E-state index in [0.29, 0.717) is 5.92 Å². The predicted octanol–water partition coefficient (Wildman–Crippen LogP) is 3.74. The van der Waals surface area contributed by atoms with Gasteiger partial charge in [0.15, 0.2) is 0 Å². The van der Waals surface area contributed by atoms with Gasteiger partial charge in [-0.05, 0) is 48.1 Å². The summed E-state index contributed by atoms with van der Waals surface area (Å²) < 4.78 is 5.23. The maximum absolute atomic E-state index is 6.31. The van der Waals surface area contributed by atoms with Crippen LogP contribution in [0.5, 0.6) is 5.75 Å². The summed E-state index contributed by atoms with van der Waals surface area (Å²) in [6.45, 7) is 2.86. The van der Waals surface area contributed by atoms with E-state index >= 15 is 0 Å². The van der Waals surface area contributed by atoms with Gasteiger partial charge in [-0.25, -0.2) is 0 Å². The van der Waals surface area contributed by atoms with Crippen molar-refractivity contribution in [3.05, 3.63) is 64.7 Å². The van der Waals surface area contributed by atoms with E-state index in [9.17, 15) is 0 Å². The van der Waals surface area contributed by atoms with Gasteiger partial charge in [0.05, 0.1) is 7.11 Å². The lowest BCUT2D eigenvalue weighted by atomic mass is 9.89. The van der Waals surface area contributed by atoms with Crippen molar-refractivity contribution < 1.29 is 4.74 Å². The van der Waals surface area contributed by atoms with E-state index in [1.165, 1.54) is 11.1 Å². The van der Waals surface area contributed by atoms with Crippen molar-refractivity contribution in [3.8, 4) is 5.75 Å². The minimum Gasteiger partial charge on any atom is -0.497 e. The normalized spacial score (nSPS) is 21.6. The fourth-order valence-corrected chi connectivity index (χ4v) is 3.78. The van der Waals surface area contributed by atoms with Gasteiger partial charge in [0.2, 0.25) is 0 Å². The standard InChI is InChI=1S/C20H25ClN2O/c1-24-19-8-6-15(7-9-19)10-16-11-18(22)14-23(12-16)13-17-4-2-3-5-20(17)21/h2-9,16,18H,10-14,22H2,1H3. The number of benzene rings is 2. The van der Waals surface area contributed by atoms with Crippen LogP contribution in [0.3, 0.4) is 0 Å². The third kappa shape index (κ3) is 4.50. The number of nitrogens with zero attached hydrogens (tertiary/aromatic N) is 1. The van der Waals surface area contributed by atoms with Gasteiger partial charge in [-0.15, -0.1) is 0 Å². The zero-order valence-corrected chi connectivity index (χ0v) is 14.9. The molecule has 2 aromatic carbocycles. The minimum atomic E-state index is 0.226. The van der Waals surface area contributed by atoms with Crippen molar-refractivity contribution in [3.63, 3.8) is 0 Å². The monoisotopic (exact) mass is 344 g/mol. The number of ether oxygens (including phenoxy) is 1. The van der Waals surface area contributed by atoms with E-state index in [0.717, 1.165) is 43.2 Å². The highest BCUT2D eigenvalue weighted by Crippen LogP contribution is 2.24. The third-order valence-corrected chi connectivity index (χ3v) is 5.05. The molecule has 2 unspecified atom stereocenters. The van der Waals surface area contributed by atoms with Crippen LogP contribution in [0.15, 0.2) is 48.5 Å². The zero-order valence-electron chi connectivity index (χ0n) is 14.1. The lowest BCUT2D eigenvalue weighted by Gasteiger charge is -2.36. The quantitative estimate of drug-likeness (QED) is 0.898. The molecule has 0 radical (unpaired) electrons. The van der Waals surface area contributed by atoms with Gasteiger partial charge in [-0.3, -0.25) is 4.90 Å². The van der Waals surface area contributed by atoms with E-state index in [2.05, 4.69) is 23.1 Å². The summed E-state index contributed by atoms with van der Waals surface area (Å²) in [4.78, 5) is 2.43. The van der Waals surface area contributed by atoms with Gasteiger partial charge in [-0.1, -0.05) is 41.9 Å². The molecule has 0 bridgehead atoms. The van der Waals surface area contributed by atoms with E-state index in [1.807, 2.05) is 30.3 Å². The molecule has 3 rings (SSSR count). The summed E-state index contributed by atoms with van der Waals surface area (Å²) in [5.41, 5.74) is 8.83. The summed E-state index contributed by atoms with van der Waals surface area (Å²) in [6.07, 6.45) is 2.13. The first-order chi connectivity index (χ1) is 11.6. The van der Waals surface area contributed by atoms with Crippen LogP contribution in [0.1, 0.15) is 17.5 Å². The largest absolute Gasteiger partial charge is 0.497 e.